The Balaban J connectivity index is 1.68. The van der Waals surface area contributed by atoms with Crippen LogP contribution >= 0.6 is 0 Å². The fourth-order valence-electron chi connectivity index (χ4n) is 4.15. The number of nitrogens with zero attached hydrogens (tertiary/aromatic N) is 4. The lowest BCUT2D eigenvalue weighted by Crippen LogP contribution is -2.22. The van der Waals surface area contributed by atoms with Crippen LogP contribution in [0.1, 0.15) is 43.0 Å². The Morgan fingerprint density at radius 2 is 1.62 bits per heavy atom. The van der Waals surface area contributed by atoms with Gasteiger partial charge in [-0.25, -0.2) is 0 Å². The minimum atomic E-state index is 0.0970. The minimum Gasteiger partial charge on any atom is -0.497 e. The van der Waals surface area contributed by atoms with Crippen molar-refractivity contribution in [1.82, 2.24) is 0 Å². The van der Waals surface area contributed by atoms with Gasteiger partial charge < -0.3 is 9.64 Å². The number of benzene rings is 3. The van der Waals surface area contributed by atoms with Crippen LogP contribution in [0.4, 0.5) is 11.4 Å². The normalized spacial score (nSPS) is 15.2. The van der Waals surface area contributed by atoms with Crippen LogP contribution in [0.2, 0.25) is 0 Å². The average molecular weight is 425 g/mol. The molecule has 0 N–H and O–H groups in total. The Morgan fingerprint density at radius 1 is 0.969 bits per heavy atom. The highest BCUT2D eigenvalue weighted by molar-refractivity contribution is 6.03. The van der Waals surface area contributed by atoms with Crippen LogP contribution in [0.25, 0.3) is 0 Å². The molecule has 3 aromatic rings. The molecule has 0 saturated carbocycles. The minimum absolute atomic E-state index is 0.0970. The molecular weight excluding hydrogens is 396 g/mol. The Bertz CT molecular complexity index is 1110. The molecule has 4 rings (SSSR count). The third-order valence-electron chi connectivity index (χ3n) is 6.00. The highest BCUT2D eigenvalue weighted by atomic mass is 16.5. The first-order valence-electron chi connectivity index (χ1n) is 11.0. The summed E-state index contributed by atoms with van der Waals surface area (Å²) in [7, 11) is 1.67. The molecule has 0 radical (unpaired) electrons. The van der Waals surface area contributed by atoms with Gasteiger partial charge in [-0.1, -0.05) is 24.3 Å². The molecule has 0 amide bonds. The molecular formula is C27H28N4O. The summed E-state index contributed by atoms with van der Waals surface area (Å²) in [5, 5.41) is 16.2. The third kappa shape index (κ3) is 4.31. The summed E-state index contributed by atoms with van der Waals surface area (Å²) in [4.78, 5) is 2.35. The van der Waals surface area contributed by atoms with Crippen LogP contribution in [0.3, 0.4) is 0 Å². The lowest BCUT2D eigenvalue weighted by molar-refractivity contribution is 0.415. The second-order valence-corrected chi connectivity index (χ2v) is 7.76. The van der Waals surface area contributed by atoms with Gasteiger partial charge in [0, 0.05) is 25.2 Å². The van der Waals surface area contributed by atoms with Gasteiger partial charge in [0.2, 0.25) is 0 Å². The molecule has 32 heavy (non-hydrogen) atoms. The molecule has 0 aliphatic carbocycles. The van der Waals surface area contributed by atoms with E-state index in [9.17, 15) is 0 Å². The van der Waals surface area contributed by atoms with Crippen LogP contribution in [0.15, 0.2) is 77.9 Å². The second kappa shape index (κ2) is 9.57. The topological polar surface area (TPSA) is 51.9 Å². The van der Waals surface area contributed by atoms with Gasteiger partial charge in [0.15, 0.2) is 0 Å². The van der Waals surface area contributed by atoms with E-state index in [4.69, 9.17) is 15.1 Å². The molecule has 5 nitrogen and oxygen atoms in total. The quantitative estimate of drug-likeness (QED) is 0.483. The van der Waals surface area contributed by atoms with Gasteiger partial charge in [-0.3, -0.25) is 5.01 Å². The zero-order chi connectivity index (χ0) is 22.5. The number of rotatable bonds is 7. The third-order valence-corrected chi connectivity index (χ3v) is 6.00. The highest BCUT2D eigenvalue weighted by Crippen LogP contribution is 2.37. The maximum Gasteiger partial charge on any atom is 0.119 e. The van der Waals surface area contributed by atoms with Gasteiger partial charge in [0.1, 0.15) is 5.75 Å². The number of anilines is 2. The summed E-state index contributed by atoms with van der Waals surface area (Å²) < 4.78 is 5.33. The van der Waals surface area contributed by atoms with Gasteiger partial charge in [-0.05, 0) is 73.5 Å². The van der Waals surface area contributed by atoms with Crippen LogP contribution < -0.4 is 14.6 Å². The van der Waals surface area contributed by atoms with Gasteiger partial charge in [-0.2, -0.15) is 10.4 Å². The van der Waals surface area contributed by atoms with Crippen molar-refractivity contribution in [3.63, 3.8) is 0 Å². The molecule has 1 aliphatic rings. The largest absolute Gasteiger partial charge is 0.497 e. The Kier molecular flexibility index (Phi) is 6.42. The van der Waals surface area contributed by atoms with Gasteiger partial charge in [0.05, 0.1) is 36.2 Å². The van der Waals surface area contributed by atoms with Gasteiger partial charge >= 0.3 is 0 Å². The van der Waals surface area contributed by atoms with Crippen LogP contribution in [0, 0.1) is 11.3 Å². The number of hydrogen-bond donors (Lipinski definition) is 0. The van der Waals surface area contributed by atoms with Crippen molar-refractivity contribution >= 4 is 17.1 Å². The number of methoxy groups -OCH3 is 1. The molecule has 0 unspecified atom stereocenters. The lowest BCUT2D eigenvalue weighted by atomic mass is 9.97. The van der Waals surface area contributed by atoms with Crippen molar-refractivity contribution in [2.45, 2.75) is 26.3 Å². The first kappa shape index (κ1) is 21.5. The molecule has 162 valence electrons. The fraction of sp³-hybridized carbons (Fsp3) is 0.259. The fourth-order valence-corrected chi connectivity index (χ4v) is 4.15. The van der Waals surface area contributed by atoms with E-state index in [1.807, 2.05) is 48.5 Å². The number of ether oxygens (including phenoxy) is 1. The molecule has 5 heteroatoms. The molecule has 1 atom stereocenters. The maximum absolute atomic E-state index is 9.11. The van der Waals surface area contributed by atoms with Crippen molar-refractivity contribution in [3.05, 3.63) is 89.5 Å². The smallest absolute Gasteiger partial charge is 0.119 e. The van der Waals surface area contributed by atoms with E-state index in [-0.39, 0.29) is 6.04 Å². The monoisotopic (exact) mass is 424 g/mol. The first-order valence-corrected chi connectivity index (χ1v) is 11.0. The molecule has 3 aromatic carbocycles. The molecule has 0 aromatic heterocycles. The van der Waals surface area contributed by atoms with Gasteiger partial charge in [-0.15, -0.1) is 0 Å². The maximum atomic E-state index is 9.11. The van der Waals surface area contributed by atoms with E-state index in [0.717, 1.165) is 42.2 Å². The summed E-state index contributed by atoms with van der Waals surface area (Å²) in [6, 6.07) is 26.8. The predicted molar refractivity (Wildman–Crippen MR) is 131 cm³/mol. The molecule has 0 spiro atoms. The van der Waals surface area contributed by atoms with Crippen LogP contribution in [-0.2, 0) is 0 Å². The van der Waals surface area contributed by atoms with Crippen molar-refractivity contribution in [1.29, 1.82) is 5.26 Å². The zero-order valence-corrected chi connectivity index (χ0v) is 18.8. The number of hydrogen-bond acceptors (Lipinski definition) is 5. The molecule has 0 saturated heterocycles. The highest BCUT2D eigenvalue weighted by Gasteiger charge is 2.30. The Morgan fingerprint density at radius 3 is 2.19 bits per heavy atom. The molecule has 1 heterocycles. The summed E-state index contributed by atoms with van der Waals surface area (Å²) in [6.45, 7) is 6.33. The molecule has 0 fully saturated rings. The van der Waals surface area contributed by atoms with Crippen molar-refractivity contribution < 1.29 is 4.74 Å². The van der Waals surface area contributed by atoms with E-state index in [1.54, 1.807) is 7.11 Å². The van der Waals surface area contributed by atoms with Crippen LogP contribution in [0.5, 0.6) is 5.75 Å². The Labute approximate surface area is 190 Å². The van der Waals surface area contributed by atoms with E-state index in [0.29, 0.717) is 5.56 Å². The second-order valence-electron chi connectivity index (χ2n) is 7.76. The zero-order valence-electron chi connectivity index (χ0n) is 18.8. The number of hydrazone groups is 1. The summed E-state index contributed by atoms with van der Waals surface area (Å²) in [6.07, 6.45) is 0.794. The average Bonchev–Trinajstić information content (AvgIpc) is 3.31. The van der Waals surface area contributed by atoms with E-state index < -0.39 is 0 Å². The number of nitriles is 1. The van der Waals surface area contributed by atoms with Crippen molar-refractivity contribution in [2.75, 3.05) is 30.1 Å². The summed E-state index contributed by atoms with van der Waals surface area (Å²) >= 11 is 0. The lowest BCUT2D eigenvalue weighted by Gasteiger charge is -2.26. The SMILES string of the molecule is CCN(CC)c1ccc([C@@H]2CC(c3ccc(C#N)cc3)=NN2c2ccc(OC)cc2)cc1. The van der Waals surface area contributed by atoms with E-state index >= 15 is 0 Å². The van der Waals surface area contributed by atoms with Gasteiger partial charge in [0.25, 0.3) is 0 Å². The standard InChI is InChI=1S/C27H28N4O/c1-4-30(5-2)23-12-10-22(11-13-23)27-18-26(21-8-6-20(19-28)7-9-21)29-31(27)24-14-16-25(32-3)17-15-24/h6-17,27H,4-5,18H2,1-3H3/t27-/m0/s1. The van der Waals surface area contributed by atoms with E-state index in [2.05, 4.69) is 54.1 Å². The van der Waals surface area contributed by atoms with Crippen molar-refractivity contribution in [2.24, 2.45) is 5.10 Å². The summed E-state index contributed by atoms with van der Waals surface area (Å²) in [5.41, 5.74) is 6.20. The first-order chi connectivity index (χ1) is 15.7. The van der Waals surface area contributed by atoms with Crippen molar-refractivity contribution in [3.8, 4) is 11.8 Å². The molecule has 1 aliphatic heterocycles. The predicted octanol–water partition coefficient (Wildman–Crippen LogP) is 5.77. The van der Waals surface area contributed by atoms with E-state index in [1.165, 1.54) is 11.3 Å². The summed E-state index contributed by atoms with van der Waals surface area (Å²) in [5.74, 6) is 0.823. The van der Waals surface area contributed by atoms with Crippen LogP contribution in [-0.4, -0.2) is 25.9 Å². The molecule has 0 bridgehead atoms. The Hall–Kier alpha value is -3.78.